The lowest BCUT2D eigenvalue weighted by Gasteiger charge is -2.08. The first kappa shape index (κ1) is 18.2. The third-order valence-electron chi connectivity index (χ3n) is 4.79. The van der Waals surface area contributed by atoms with Gasteiger partial charge in [0.15, 0.2) is 5.82 Å². The van der Waals surface area contributed by atoms with E-state index in [1.54, 1.807) is 0 Å². The maximum absolute atomic E-state index is 4.59. The molecule has 1 aromatic carbocycles. The monoisotopic (exact) mass is 345 g/mol. The molecule has 0 saturated carbocycles. The zero-order valence-corrected chi connectivity index (χ0v) is 15.9. The van der Waals surface area contributed by atoms with Gasteiger partial charge in [0.1, 0.15) is 0 Å². The first-order valence-electron chi connectivity index (χ1n) is 9.56. The van der Waals surface area contributed by atoms with Crippen LogP contribution in [0, 0.1) is 5.92 Å². The van der Waals surface area contributed by atoms with E-state index in [-0.39, 0.29) is 0 Å². The van der Waals surface area contributed by atoms with Crippen LogP contribution in [0.3, 0.4) is 0 Å². The maximum atomic E-state index is 4.59. The van der Waals surface area contributed by atoms with Gasteiger partial charge in [-0.2, -0.15) is 0 Å². The lowest BCUT2D eigenvalue weighted by atomic mass is 10.0. The summed E-state index contributed by atoms with van der Waals surface area (Å²) in [7, 11) is 0. The Hall–Kier alpha value is -2.55. The molecule has 0 bridgehead atoms. The van der Waals surface area contributed by atoms with Gasteiger partial charge >= 0.3 is 0 Å². The number of hydrogen-bond acceptors (Lipinski definition) is 3. The predicted octanol–water partition coefficient (Wildman–Crippen LogP) is 5.75. The van der Waals surface area contributed by atoms with Gasteiger partial charge in [-0.1, -0.05) is 63.9 Å². The Morgan fingerprint density at radius 3 is 2.00 bits per heavy atom. The van der Waals surface area contributed by atoms with Crippen LogP contribution >= 0.6 is 0 Å². The quantitative estimate of drug-likeness (QED) is 0.547. The third-order valence-corrected chi connectivity index (χ3v) is 4.79. The third kappa shape index (κ3) is 4.54. The summed E-state index contributed by atoms with van der Waals surface area (Å²) in [6.45, 7) is 6.66. The molecule has 134 valence electrons. The molecule has 26 heavy (non-hydrogen) atoms. The van der Waals surface area contributed by atoms with E-state index in [2.05, 4.69) is 72.1 Å². The standard InChI is InChI=1S/C23H27N3/c1-4-6-18-7-12-22(24-14-18)20-8-10-21(11-9-20)23-25-15-19(16-26-23)13-17(3)5-2/h7-12,14-17H,4-6,13H2,1-3H3. The second-order valence-electron chi connectivity index (χ2n) is 7.01. The molecule has 3 rings (SSSR count). The van der Waals surface area contributed by atoms with Crippen molar-refractivity contribution >= 4 is 0 Å². The molecule has 2 heterocycles. The topological polar surface area (TPSA) is 38.7 Å². The minimum absolute atomic E-state index is 0.667. The molecule has 1 unspecified atom stereocenters. The molecule has 0 aliphatic rings. The van der Waals surface area contributed by atoms with Crippen LogP contribution in [0.5, 0.6) is 0 Å². The van der Waals surface area contributed by atoms with Crippen LogP contribution < -0.4 is 0 Å². The van der Waals surface area contributed by atoms with Crippen molar-refractivity contribution in [2.45, 2.75) is 46.5 Å². The molecule has 3 nitrogen and oxygen atoms in total. The Labute approximate surface area is 156 Å². The fourth-order valence-electron chi connectivity index (χ4n) is 2.98. The Morgan fingerprint density at radius 1 is 0.769 bits per heavy atom. The minimum atomic E-state index is 0.667. The average Bonchev–Trinajstić information content (AvgIpc) is 2.69. The van der Waals surface area contributed by atoms with Crippen molar-refractivity contribution in [3.8, 4) is 22.6 Å². The smallest absolute Gasteiger partial charge is 0.159 e. The SMILES string of the molecule is CCCc1ccc(-c2ccc(-c3ncc(CC(C)CC)cn3)cc2)nc1. The lowest BCUT2D eigenvalue weighted by molar-refractivity contribution is 0.558. The van der Waals surface area contributed by atoms with E-state index >= 15 is 0 Å². The van der Waals surface area contributed by atoms with E-state index in [1.165, 1.54) is 17.5 Å². The molecule has 0 spiro atoms. The van der Waals surface area contributed by atoms with Crippen LogP contribution in [-0.2, 0) is 12.8 Å². The summed E-state index contributed by atoms with van der Waals surface area (Å²) in [5.41, 5.74) is 5.65. The fourth-order valence-corrected chi connectivity index (χ4v) is 2.98. The molecular weight excluding hydrogens is 318 g/mol. The van der Waals surface area contributed by atoms with Crippen molar-refractivity contribution in [3.63, 3.8) is 0 Å². The summed E-state index contributed by atoms with van der Waals surface area (Å²) in [6, 6.07) is 12.6. The molecule has 3 aromatic rings. The molecule has 0 fully saturated rings. The van der Waals surface area contributed by atoms with E-state index < -0.39 is 0 Å². The van der Waals surface area contributed by atoms with Crippen molar-refractivity contribution < 1.29 is 0 Å². The largest absolute Gasteiger partial charge is 0.256 e. The van der Waals surface area contributed by atoms with Crippen LogP contribution in [0.15, 0.2) is 55.0 Å². The summed E-state index contributed by atoms with van der Waals surface area (Å²) < 4.78 is 0. The van der Waals surface area contributed by atoms with Crippen molar-refractivity contribution in [1.29, 1.82) is 0 Å². The zero-order chi connectivity index (χ0) is 18.4. The maximum Gasteiger partial charge on any atom is 0.159 e. The van der Waals surface area contributed by atoms with Crippen LogP contribution in [0.25, 0.3) is 22.6 Å². The number of aryl methyl sites for hydroxylation is 1. The van der Waals surface area contributed by atoms with Crippen LogP contribution in [0.2, 0.25) is 0 Å². The van der Waals surface area contributed by atoms with Crippen molar-refractivity contribution in [2.75, 3.05) is 0 Å². The number of nitrogens with zero attached hydrogens (tertiary/aromatic N) is 3. The predicted molar refractivity (Wildman–Crippen MR) is 108 cm³/mol. The zero-order valence-electron chi connectivity index (χ0n) is 15.9. The van der Waals surface area contributed by atoms with E-state index in [4.69, 9.17) is 0 Å². The molecule has 0 amide bonds. The molecule has 0 saturated heterocycles. The van der Waals surface area contributed by atoms with Crippen molar-refractivity contribution in [1.82, 2.24) is 15.0 Å². The highest BCUT2D eigenvalue weighted by Gasteiger charge is 2.06. The summed E-state index contributed by atoms with van der Waals surface area (Å²) >= 11 is 0. The molecule has 2 aromatic heterocycles. The Kier molecular flexibility index (Phi) is 6.11. The van der Waals surface area contributed by atoms with Gasteiger partial charge in [-0.15, -0.1) is 0 Å². The number of rotatable bonds is 7. The number of benzene rings is 1. The summed E-state index contributed by atoms with van der Waals surface area (Å²) in [5, 5.41) is 0. The van der Waals surface area contributed by atoms with Gasteiger partial charge in [-0.05, 0) is 36.0 Å². The van der Waals surface area contributed by atoms with Gasteiger partial charge in [0, 0.05) is 29.7 Å². The van der Waals surface area contributed by atoms with Crippen molar-refractivity contribution in [2.24, 2.45) is 5.92 Å². The Morgan fingerprint density at radius 2 is 1.42 bits per heavy atom. The van der Waals surface area contributed by atoms with Gasteiger partial charge < -0.3 is 0 Å². The van der Waals surface area contributed by atoms with Gasteiger partial charge in [0.2, 0.25) is 0 Å². The number of pyridine rings is 1. The first-order valence-corrected chi connectivity index (χ1v) is 9.56. The average molecular weight is 345 g/mol. The summed E-state index contributed by atoms with van der Waals surface area (Å²) in [5.74, 6) is 1.44. The summed E-state index contributed by atoms with van der Waals surface area (Å²) in [6.07, 6.45) is 10.3. The van der Waals surface area contributed by atoms with E-state index in [9.17, 15) is 0 Å². The fraction of sp³-hybridized carbons (Fsp3) is 0.348. The molecule has 3 heteroatoms. The Bertz CT molecular complexity index is 806. The van der Waals surface area contributed by atoms with Crippen LogP contribution in [0.4, 0.5) is 0 Å². The molecule has 0 aliphatic heterocycles. The normalized spacial score (nSPS) is 12.1. The highest BCUT2D eigenvalue weighted by atomic mass is 14.9. The minimum Gasteiger partial charge on any atom is -0.256 e. The van der Waals surface area contributed by atoms with Gasteiger partial charge in [0.25, 0.3) is 0 Å². The molecule has 0 aliphatic carbocycles. The second-order valence-corrected chi connectivity index (χ2v) is 7.01. The summed E-state index contributed by atoms with van der Waals surface area (Å²) in [4.78, 5) is 13.7. The van der Waals surface area contributed by atoms with Gasteiger partial charge in [0.05, 0.1) is 5.69 Å². The van der Waals surface area contributed by atoms with Gasteiger partial charge in [-0.3, -0.25) is 4.98 Å². The molecular formula is C23H27N3. The van der Waals surface area contributed by atoms with E-state index in [0.717, 1.165) is 41.9 Å². The van der Waals surface area contributed by atoms with E-state index in [1.807, 2.05) is 18.6 Å². The molecule has 1 atom stereocenters. The highest BCUT2D eigenvalue weighted by Crippen LogP contribution is 2.22. The highest BCUT2D eigenvalue weighted by molar-refractivity contribution is 5.65. The van der Waals surface area contributed by atoms with Crippen LogP contribution in [-0.4, -0.2) is 15.0 Å². The molecule has 0 N–H and O–H groups in total. The number of hydrogen-bond donors (Lipinski definition) is 0. The second kappa shape index (κ2) is 8.70. The van der Waals surface area contributed by atoms with Crippen molar-refractivity contribution in [3.05, 3.63) is 66.1 Å². The molecule has 0 radical (unpaired) electrons. The Balaban J connectivity index is 1.72. The number of aromatic nitrogens is 3. The van der Waals surface area contributed by atoms with Crippen LogP contribution in [0.1, 0.15) is 44.7 Å². The van der Waals surface area contributed by atoms with Gasteiger partial charge in [-0.25, -0.2) is 9.97 Å². The first-order chi connectivity index (χ1) is 12.7. The lowest BCUT2D eigenvalue weighted by Crippen LogP contribution is -2.00. The van der Waals surface area contributed by atoms with E-state index in [0.29, 0.717) is 5.92 Å².